The van der Waals surface area contributed by atoms with Crippen LogP contribution in [0.1, 0.15) is 37.7 Å². The fourth-order valence-corrected chi connectivity index (χ4v) is 4.53. The SMILES string of the molecule is Clc1ccc(-c2nsc3cc(C#CCCCN4CCCCC4)ccc23)cc1. The molecule has 1 aliphatic heterocycles. The van der Waals surface area contributed by atoms with Gasteiger partial charge in [-0.2, -0.15) is 4.37 Å². The van der Waals surface area contributed by atoms with E-state index in [0.29, 0.717) is 0 Å². The van der Waals surface area contributed by atoms with Crippen molar-refractivity contribution >= 4 is 33.2 Å². The van der Waals surface area contributed by atoms with Crippen LogP contribution in [-0.2, 0) is 0 Å². The summed E-state index contributed by atoms with van der Waals surface area (Å²) in [7, 11) is 0. The van der Waals surface area contributed by atoms with Gasteiger partial charge in [0.1, 0.15) is 0 Å². The molecule has 0 aliphatic carbocycles. The molecule has 0 N–H and O–H groups in total. The van der Waals surface area contributed by atoms with Crippen LogP contribution >= 0.6 is 23.1 Å². The van der Waals surface area contributed by atoms with Crippen LogP contribution in [0.15, 0.2) is 42.5 Å². The molecule has 0 radical (unpaired) electrons. The van der Waals surface area contributed by atoms with Crippen molar-refractivity contribution in [2.45, 2.75) is 32.1 Å². The van der Waals surface area contributed by atoms with Gasteiger partial charge in [0.15, 0.2) is 0 Å². The number of aromatic nitrogens is 1. The molecule has 1 saturated heterocycles. The predicted octanol–water partition coefficient (Wildman–Crippen LogP) is 6.23. The van der Waals surface area contributed by atoms with E-state index in [4.69, 9.17) is 11.6 Å². The number of unbranched alkanes of at least 4 members (excludes halogenated alkanes) is 1. The lowest BCUT2D eigenvalue weighted by atomic mass is 10.1. The normalized spacial score (nSPS) is 14.9. The summed E-state index contributed by atoms with van der Waals surface area (Å²) >= 11 is 7.52. The summed E-state index contributed by atoms with van der Waals surface area (Å²) in [5, 5.41) is 1.93. The Morgan fingerprint density at radius 3 is 2.67 bits per heavy atom. The first-order valence-electron chi connectivity index (χ1n) is 9.66. The van der Waals surface area contributed by atoms with E-state index in [1.54, 1.807) is 0 Å². The number of piperidine rings is 1. The van der Waals surface area contributed by atoms with Crippen LogP contribution in [0.3, 0.4) is 0 Å². The number of hydrogen-bond acceptors (Lipinski definition) is 3. The summed E-state index contributed by atoms with van der Waals surface area (Å²) in [6, 6.07) is 14.3. The highest BCUT2D eigenvalue weighted by molar-refractivity contribution is 7.13. The van der Waals surface area contributed by atoms with E-state index in [9.17, 15) is 0 Å². The van der Waals surface area contributed by atoms with Gasteiger partial charge in [-0.15, -0.1) is 0 Å². The highest BCUT2D eigenvalue weighted by atomic mass is 35.5. The molecule has 138 valence electrons. The second kappa shape index (κ2) is 8.89. The molecule has 0 saturated carbocycles. The van der Waals surface area contributed by atoms with Gasteiger partial charge in [-0.25, -0.2) is 0 Å². The predicted molar refractivity (Wildman–Crippen MR) is 116 cm³/mol. The summed E-state index contributed by atoms with van der Waals surface area (Å²) in [6.07, 6.45) is 6.25. The smallest absolute Gasteiger partial charge is 0.0919 e. The Balaban J connectivity index is 1.40. The third kappa shape index (κ3) is 4.71. The lowest BCUT2D eigenvalue weighted by Crippen LogP contribution is -2.30. The number of halogens is 1. The first-order chi connectivity index (χ1) is 13.3. The van der Waals surface area contributed by atoms with Gasteiger partial charge in [-0.1, -0.05) is 48.1 Å². The van der Waals surface area contributed by atoms with Crippen LogP contribution in [0.4, 0.5) is 0 Å². The van der Waals surface area contributed by atoms with Gasteiger partial charge in [0.2, 0.25) is 0 Å². The molecular formula is C23H23ClN2S. The van der Waals surface area contributed by atoms with E-state index < -0.39 is 0 Å². The topological polar surface area (TPSA) is 16.1 Å². The van der Waals surface area contributed by atoms with Gasteiger partial charge < -0.3 is 4.90 Å². The Morgan fingerprint density at radius 2 is 1.85 bits per heavy atom. The van der Waals surface area contributed by atoms with E-state index >= 15 is 0 Å². The van der Waals surface area contributed by atoms with Gasteiger partial charge in [0, 0.05) is 28.0 Å². The monoisotopic (exact) mass is 394 g/mol. The van der Waals surface area contributed by atoms with Crippen LogP contribution in [0.25, 0.3) is 21.3 Å². The maximum absolute atomic E-state index is 5.99. The van der Waals surface area contributed by atoms with Crippen molar-refractivity contribution in [1.82, 2.24) is 9.27 Å². The number of likely N-dealkylation sites (tertiary alicyclic amines) is 1. The Bertz CT molecular complexity index is 959. The lowest BCUT2D eigenvalue weighted by molar-refractivity contribution is 0.227. The fourth-order valence-electron chi connectivity index (χ4n) is 3.57. The van der Waals surface area contributed by atoms with Crippen molar-refractivity contribution in [2.75, 3.05) is 19.6 Å². The van der Waals surface area contributed by atoms with Crippen molar-refractivity contribution in [3.63, 3.8) is 0 Å². The first-order valence-corrected chi connectivity index (χ1v) is 10.8. The van der Waals surface area contributed by atoms with E-state index in [0.717, 1.165) is 34.7 Å². The van der Waals surface area contributed by atoms with Gasteiger partial charge in [-0.05, 0) is 74.7 Å². The van der Waals surface area contributed by atoms with Crippen molar-refractivity contribution in [2.24, 2.45) is 0 Å². The molecule has 4 heteroatoms. The Hall–Kier alpha value is -1.86. The maximum Gasteiger partial charge on any atom is 0.0919 e. The third-order valence-corrected chi connectivity index (χ3v) is 6.11. The van der Waals surface area contributed by atoms with Gasteiger partial charge in [0.05, 0.1) is 10.4 Å². The van der Waals surface area contributed by atoms with Crippen LogP contribution in [0.5, 0.6) is 0 Å². The second-order valence-electron chi connectivity index (χ2n) is 7.06. The second-order valence-corrected chi connectivity index (χ2v) is 8.30. The standard InChI is InChI=1S/C23H23ClN2S/c24-20-11-9-19(10-12-20)23-21-13-8-18(17-22(21)27-25-23)7-3-1-4-14-26-15-5-2-6-16-26/h8-13,17H,1-2,4-6,14-16H2. The molecule has 27 heavy (non-hydrogen) atoms. The van der Waals surface area contributed by atoms with E-state index in [1.807, 2.05) is 24.3 Å². The molecule has 1 aromatic heterocycles. The highest BCUT2D eigenvalue weighted by Crippen LogP contribution is 2.31. The summed E-state index contributed by atoms with van der Waals surface area (Å²) in [6.45, 7) is 3.73. The zero-order valence-corrected chi connectivity index (χ0v) is 17.0. The van der Waals surface area contributed by atoms with E-state index in [2.05, 4.69) is 39.3 Å². The van der Waals surface area contributed by atoms with E-state index in [1.165, 1.54) is 60.5 Å². The molecule has 0 spiro atoms. The molecular weight excluding hydrogens is 372 g/mol. The molecule has 1 aliphatic rings. The molecule has 4 rings (SSSR count). The zero-order chi connectivity index (χ0) is 18.5. The summed E-state index contributed by atoms with van der Waals surface area (Å²) in [5.74, 6) is 6.67. The minimum absolute atomic E-state index is 0.746. The Morgan fingerprint density at radius 1 is 1.04 bits per heavy atom. The van der Waals surface area contributed by atoms with Gasteiger partial charge in [0.25, 0.3) is 0 Å². The third-order valence-electron chi connectivity index (χ3n) is 5.05. The molecule has 0 atom stereocenters. The molecule has 2 nitrogen and oxygen atoms in total. The molecule has 0 unspecified atom stereocenters. The van der Waals surface area contributed by atoms with Crippen LogP contribution in [-0.4, -0.2) is 28.9 Å². The number of hydrogen-bond donors (Lipinski definition) is 0. The molecule has 0 amide bonds. The van der Waals surface area contributed by atoms with Crippen LogP contribution < -0.4 is 0 Å². The summed E-state index contributed by atoms with van der Waals surface area (Å²) in [4.78, 5) is 2.58. The molecule has 3 aromatic rings. The number of fused-ring (bicyclic) bond motifs is 1. The largest absolute Gasteiger partial charge is 0.303 e. The Labute approximate surface area is 170 Å². The average Bonchev–Trinajstić information content (AvgIpc) is 3.12. The molecule has 2 heterocycles. The van der Waals surface area contributed by atoms with Gasteiger partial charge >= 0.3 is 0 Å². The summed E-state index contributed by atoms with van der Waals surface area (Å²) in [5.41, 5.74) is 3.20. The molecule has 2 aromatic carbocycles. The Kier molecular flexibility index (Phi) is 6.09. The molecule has 1 fully saturated rings. The van der Waals surface area contributed by atoms with Crippen LogP contribution in [0.2, 0.25) is 5.02 Å². The van der Waals surface area contributed by atoms with Crippen molar-refractivity contribution in [3.05, 3.63) is 53.1 Å². The van der Waals surface area contributed by atoms with Gasteiger partial charge in [-0.3, -0.25) is 0 Å². The minimum Gasteiger partial charge on any atom is -0.303 e. The quantitative estimate of drug-likeness (QED) is 0.385. The first kappa shape index (κ1) is 18.5. The molecule has 0 bridgehead atoms. The van der Waals surface area contributed by atoms with Crippen molar-refractivity contribution < 1.29 is 0 Å². The van der Waals surface area contributed by atoms with E-state index in [-0.39, 0.29) is 0 Å². The van der Waals surface area contributed by atoms with Crippen molar-refractivity contribution in [3.8, 4) is 23.1 Å². The fraction of sp³-hybridized carbons (Fsp3) is 0.348. The highest BCUT2D eigenvalue weighted by Gasteiger charge is 2.09. The number of benzene rings is 2. The summed E-state index contributed by atoms with van der Waals surface area (Å²) < 4.78 is 5.82. The average molecular weight is 395 g/mol. The minimum atomic E-state index is 0.746. The van der Waals surface area contributed by atoms with Crippen LogP contribution in [0, 0.1) is 11.8 Å². The lowest BCUT2D eigenvalue weighted by Gasteiger charge is -2.25. The zero-order valence-electron chi connectivity index (χ0n) is 15.4. The van der Waals surface area contributed by atoms with Crippen molar-refractivity contribution in [1.29, 1.82) is 0 Å². The number of nitrogens with zero attached hydrogens (tertiary/aromatic N) is 2. The maximum atomic E-state index is 5.99. The number of rotatable bonds is 4.